The van der Waals surface area contributed by atoms with Gasteiger partial charge in [-0.25, -0.2) is 9.97 Å². The Morgan fingerprint density at radius 3 is 2.75 bits per heavy atom. The summed E-state index contributed by atoms with van der Waals surface area (Å²) in [7, 11) is 0. The van der Waals surface area contributed by atoms with E-state index in [1.54, 1.807) is 22.7 Å². The quantitative estimate of drug-likeness (QED) is 0.906. The second-order valence-corrected chi connectivity index (χ2v) is 5.84. The van der Waals surface area contributed by atoms with E-state index in [0.29, 0.717) is 0 Å². The van der Waals surface area contributed by atoms with Crippen LogP contribution in [0.5, 0.6) is 0 Å². The Hall–Kier alpha value is -0.940. The van der Waals surface area contributed by atoms with Gasteiger partial charge in [-0.2, -0.15) is 0 Å². The van der Waals surface area contributed by atoms with Gasteiger partial charge in [-0.1, -0.05) is 6.92 Å². The van der Waals surface area contributed by atoms with Gasteiger partial charge in [0.15, 0.2) is 5.13 Å². The summed E-state index contributed by atoms with van der Waals surface area (Å²) in [5.74, 6) is 0. The summed E-state index contributed by atoms with van der Waals surface area (Å²) in [4.78, 5) is 8.85. The van der Waals surface area contributed by atoms with Crippen molar-refractivity contribution in [2.24, 2.45) is 0 Å². The molecular formula is C11H15N3S2. The van der Waals surface area contributed by atoms with Gasteiger partial charge in [-0.15, -0.1) is 22.7 Å². The van der Waals surface area contributed by atoms with Crippen LogP contribution in [0.25, 0.3) is 0 Å². The molecule has 2 aromatic heterocycles. The first-order valence-electron chi connectivity index (χ1n) is 5.24. The Morgan fingerprint density at radius 2 is 2.19 bits per heavy atom. The predicted octanol–water partition coefficient (Wildman–Crippen LogP) is 3.51. The third kappa shape index (κ3) is 2.41. The van der Waals surface area contributed by atoms with Crippen LogP contribution in [0.3, 0.4) is 0 Å². The molecule has 0 aromatic carbocycles. The van der Waals surface area contributed by atoms with Gasteiger partial charge in [0.25, 0.3) is 0 Å². The molecule has 2 aromatic rings. The molecular weight excluding hydrogens is 238 g/mol. The second-order valence-electron chi connectivity index (χ2n) is 4.08. The number of nitrogens with zero attached hydrogens (tertiary/aromatic N) is 2. The molecule has 0 saturated carbocycles. The molecule has 1 N–H and O–H groups in total. The summed E-state index contributed by atoms with van der Waals surface area (Å²) in [6.07, 6.45) is 2.82. The molecule has 0 amide bonds. The van der Waals surface area contributed by atoms with Crippen molar-refractivity contribution in [3.63, 3.8) is 0 Å². The normalized spacial score (nSPS) is 11.7. The molecule has 86 valence electrons. The molecule has 16 heavy (non-hydrogen) atoms. The van der Waals surface area contributed by atoms with Crippen molar-refractivity contribution in [2.75, 3.05) is 5.32 Å². The number of hydrogen-bond acceptors (Lipinski definition) is 5. The minimum atomic E-state index is -0.156. The van der Waals surface area contributed by atoms with Crippen LogP contribution in [-0.4, -0.2) is 9.97 Å². The maximum Gasteiger partial charge on any atom is 0.183 e. The molecule has 0 aliphatic rings. The zero-order valence-corrected chi connectivity index (χ0v) is 11.3. The smallest absolute Gasteiger partial charge is 0.183 e. The fourth-order valence-electron chi connectivity index (χ4n) is 1.38. The Bertz CT molecular complexity index is 446. The second kappa shape index (κ2) is 4.51. The van der Waals surface area contributed by atoms with E-state index in [9.17, 15) is 0 Å². The molecule has 0 aliphatic heterocycles. The highest BCUT2D eigenvalue weighted by atomic mass is 32.1. The maximum absolute atomic E-state index is 4.51. The van der Waals surface area contributed by atoms with Crippen molar-refractivity contribution >= 4 is 27.8 Å². The molecule has 5 heteroatoms. The standard InChI is InChI=1S/C11H15N3S2/c1-4-8-7-16-10(13-8)14-11(2,3)9-12-5-6-15-9/h5-7H,4H2,1-3H3,(H,13,14). The van der Waals surface area contributed by atoms with Crippen LogP contribution in [0.2, 0.25) is 0 Å². The number of aromatic nitrogens is 2. The van der Waals surface area contributed by atoms with Gasteiger partial charge in [-0.3, -0.25) is 0 Å². The molecule has 0 unspecified atom stereocenters. The highest BCUT2D eigenvalue weighted by Crippen LogP contribution is 2.28. The molecule has 0 fully saturated rings. The topological polar surface area (TPSA) is 37.8 Å². The predicted molar refractivity (Wildman–Crippen MR) is 70.3 cm³/mol. The Balaban J connectivity index is 2.14. The van der Waals surface area contributed by atoms with E-state index in [-0.39, 0.29) is 5.54 Å². The molecule has 2 heterocycles. The third-order valence-electron chi connectivity index (χ3n) is 2.30. The SMILES string of the molecule is CCc1csc(NC(C)(C)c2nccs2)n1. The first-order chi connectivity index (χ1) is 7.62. The lowest BCUT2D eigenvalue weighted by atomic mass is 10.1. The van der Waals surface area contributed by atoms with Crippen LogP contribution in [0.15, 0.2) is 17.0 Å². The van der Waals surface area contributed by atoms with Crippen molar-refractivity contribution in [1.82, 2.24) is 9.97 Å². The van der Waals surface area contributed by atoms with Crippen molar-refractivity contribution in [1.29, 1.82) is 0 Å². The summed E-state index contributed by atoms with van der Waals surface area (Å²) in [6.45, 7) is 6.36. The average Bonchev–Trinajstić information content (AvgIpc) is 2.86. The van der Waals surface area contributed by atoms with Crippen LogP contribution in [0.4, 0.5) is 5.13 Å². The highest BCUT2D eigenvalue weighted by molar-refractivity contribution is 7.13. The van der Waals surface area contributed by atoms with Crippen LogP contribution in [-0.2, 0) is 12.0 Å². The molecule has 2 rings (SSSR count). The lowest BCUT2D eigenvalue weighted by Crippen LogP contribution is -2.27. The van der Waals surface area contributed by atoms with Crippen molar-refractivity contribution in [3.05, 3.63) is 27.7 Å². The summed E-state index contributed by atoms with van der Waals surface area (Å²) in [5.41, 5.74) is 0.985. The van der Waals surface area contributed by atoms with Crippen molar-refractivity contribution < 1.29 is 0 Å². The van der Waals surface area contributed by atoms with E-state index in [4.69, 9.17) is 0 Å². The van der Waals surface area contributed by atoms with Crippen LogP contribution in [0, 0.1) is 0 Å². The molecule has 0 bridgehead atoms. The van der Waals surface area contributed by atoms with Crippen LogP contribution in [0.1, 0.15) is 31.5 Å². The molecule has 0 spiro atoms. The Morgan fingerprint density at radius 1 is 1.38 bits per heavy atom. The number of rotatable bonds is 4. The van der Waals surface area contributed by atoms with E-state index in [0.717, 1.165) is 22.3 Å². The van der Waals surface area contributed by atoms with E-state index in [1.165, 1.54) is 0 Å². The summed E-state index contributed by atoms with van der Waals surface area (Å²) in [6, 6.07) is 0. The Labute approximate surface area is 104 Å². The fraction of sp³-hybridized carbons (Fsp3) is 0.455. The fourth-order valence-corrected chi connectivity index (χ4v) is 3.05. The highest BCUT2D eigenvalue weighted by Gasteiger charge is 2.24. The monoisotopic (exact) mass is 253 g/mol. The van der Waals surface area contributed by atoms with Crippen molar-refractivity contribution in [2.45, 2.75) is 32.7 Å². The summed E-state index contributed by atoms with van der Waals surface area (Å²) >= 11 is 3.32. The number of anilines is 1. The molecule has 0 saturated heterocycles. The van der Waals surface area contributed by atoms with Crippen molar-refractivity contribution in [3.8, 4) is 0 Å². The van der Waals surface area contributed by atoms with Gasteiger partial charge < -0.3 is 5.32 Å². The summed E-state index contributed by atoms with van der Waals surface area (Å²) in [5, 5.41) is 9.58. The molecule has 0 aliphatic carbocycles. The number of hydrogen-bond donors (Lipinski definition) is 1. The zero-order valence-electron chi connectivity index (χ0n) is 9.65. The van der Waals surface area contributed by atoms with Gasteiger partial charge in [0.1, 0.15) is 5.01 Å². The van der Waals surface area contributed by atoms with Gasteiger partial charge in [-0.05, 0) is 20.3 Å². The van der Waals surface area contributed by atoms with Gasteiger partial charge in [0.05, 0.1) is 11.2 Å². The van der Waals surface area contributed by atoms with Gasteiger partial charge in [0, 0.05) is 17.0 Å². The molecule has 3 nitrogen and oxygen atoms in total. The number of nitrogens with one attached hydrogen (secondary N) is 1. The molecule has 0 atom stereocenters. The van der Waals surface area contributed by atoms with E-state index < -0.39 is 0 Å². The average molecular weight is 253 g/mol. The number of thiazole rings is 2. The summed E-state index contributed by atoms with van der Waals surface area (Å²) < 4.78 is 0. The lowest BCUT2D eigenvalue weighted by Gasteiger charge is -2.23. The van der Waals surface area contributed by atoms with Gasteiger partial charge in [0.2, 0.25) is 0 Å². The maximum atomic E-state index is 4.51. The first-order valence-corrected chi connectivity index (χ1v) is 7.00. The van der Waals surface area contributed by atoms with Gasteiger partial charge >= 0.3 is 0 Å². The van der Waals surface area contributed by atoms with E-state index >= 15 is 0 Å². The Kier molecular flexibility index (Phi) is 3.25. The first kappa shape index (κ1) is 11.5. The van der Waals surface area contributed by atoms with E-state index in [2.05, 4.69) is 41.4 Å². The molecule has 0 radical (unpaired) electrons. The van der Waals surface area contributed by atoms with Crippen LogP contribution < -0.4 is 5.32 Å². The largest absolute Gasteiger partial charge is 0.350 e. The number of aryl methyl sites for hydroxylation is 1. The van der Waals surface area contributed by atoms with E-state index in [1.807, 2.05) is 11.6 Å². The van der Waals surface area contributed by atoms with Crippen LogP contribution >= 0.6 is 22.7 Å². The zero-order chi connectivity index (χ0) is 11.6. The third-order valence-corrected chi connectivity index (χ3v) is 4.20. The lowest BCUT2D eigenvalue weighted by molar-refractivity contribution is 0.603. The minimum absolute atomic E-state index is 0.156. The minimum Gasteiger partial charge on any atom is -0.350 e.